The molecular weight excluding hydrogens is 320 g/mol. The van der Waals surface area contributed by atoms with Crippen LogP contribution in [0.25, 0.3) is 0 Å². The second-order valence-corrected chi connectivity index (χ2v) is 5.48. The van der Waals surface area contributed by atoms with Gasteiger partial charge in [-0.25, -0.2) is 0 Å². The summed E-state index contributed by atoms with van der Waals surface area (Å²) in [5, 5.41) is 0.995. The molecular formula is C10H13BrN4S2. The van der Waals surface area contributed by atoms with E-state index in [0.29, 0.717) is 6.54 Å². The molecule has 0 unspecified atom stereocenters. The topological polar surface area (TPSA) is 41.4 Å². The molecule has 0 radical (unpaired) electrons. The largest absolute Gasteiger partial charge is 0.353 e. The molecule has 2 heterocycles. The van der Waals surface area contributed by atoms with Gasteiger partial charge in [0.2, 0.25) is 4.80 Å². The Bertz CT molecular complexity index is 506. The minimum atomic E-state index is 0. The maximum Gasteiger partial charge on any atom is 0.217 e. The van der Waals surface area contributed by atoms with Gasteiger partial charge in [-0.1, -0.05) is 6.07 Å². The molecule has 0 saturated carbocycles. The van der Waals surface area contributed by atoms with Gasteiger partial charge in [-0.2, -0.15) is 4.98 Å². The van der Waals surface area contributed by atoms with Crippen molar-refractivity contribution in [2.75, 3.05) is 19.0 Å². The normalized spacial score (nSPS) is 11.1. The molecule has 0 bridgehead atoms. The Kier molecular flexibility index (Phi) is 5.73. The number of pyridine rings is 1. The van der Waals surface area contributed by atoms with Crippen molar-refractivity contribution < 1.29 is 0 Å². The third-order valence-electron chi connectivity index (χ3n) is 1.88. The number of nitrogens with zero attached hydrogens (tertiary/aromatic N) is 4. The smallest absolute Gasteiger partial charge is 0.217 e. The Morgan fingerprint density at radius 2 is 2.18 bits per heavy atom. The predicted octanol–water partition coefficient (Wildman–Crippen LogP) is 2.34. The first-order valence-corrected chi connectivity index (χ1v) is 6.94. The molecule has 92 valence electrons. The van der Waals surface area contributed by atoms with Crippen LogP contribution in [0.15, 0.2) is 29.5 Å². The SMILES string of the molecule is Br.CN(C)c1nc(=NCc2cccnc2)ss1. The van der Waals surface area contributed by atoms with Crippen LogP contribution in [0.1, 0.15) is 5.56 Å². The van der Waals surface area contributed by atoms with E-state index >= 15 is 0 Å². The molecule has 2 aromatic rings. The zero-order valence-electron chi connectivity index (χ0n) is 9.53. The molecule has 0 saturated heterocycles. The van der Waals surface area contributed by atoms with Crippen molar-refractivity contribution in [1.29, 1.82) is 0 Å². The fourth-order valence-electron chi connectivity index (χ4n) is 1.08. The van der Waals surface area contributed by atoms with Gasteiger partial charge in [0, 0.05) is 26.5 Å². The molecule has 0 aromatic carbocycles. The molecule has 0 aliphatic carbocycles. The van der Waals surface area contributed by atoms with E-state index in [4.69, 9.17) is 0 Å². The minimum absolute atomic E-state index is 0. The van der Waals surface area contributed by atoms with Gasteiger partial charge >= 0.3 is 0 Å². The van der Waals surface area contributed by atoms with Crippen molar-refractivity contribution in [2.24, 2.45) is 4.99 Å². The van der Waals surface area contributed by atoms with E-state index in [2.05, 4.69) is 15.0 Å². The first kappa shape index (κ1) is 14.3. The van der Waals surface area contributed by atoms with Crippen LogP contribution in [0.2, 0.25) is 0 Å². The summed E-state index contributed by atoms with van der Waals surface area (Å²) < 4.78 is 0. The van der Waals surface area contributed by atoms with E-state index in [1.807, 2.05) is 37.3 Å². The molecule has 0 fully saturated rings. The van der Waals surface area contributed by atoms with Crippen LogP contribution in [0.5, 0.6) is 0 Å². The molecule has 0 amide bonds. The molecule has 2 aromatic heterocycles. The van der Waals surface area contributed by atoms with Crippen molar-refractivity contribution in [3.63, 3.8) is 0 Å². The van der Waals surface area contributed by atoms with Gasteiger partial charge in [-0.15, -0.1) is 17.0 Å². The van der Waals surface area contributed by atoms with Gasteiger partial charge in [-0.3, -0.25) is 9.98 Å². The molecule has 4 nitrogen and oxygen atoms in total. The van der Waals surface area contributed by atoms with Crippen molar-refractivity contribution in [3.05, 3.63) is 34.9 Å². The molecule has 0 aliphatic heterocycles. The quantitative estimate of drug-likeness (QED) is 0.810. The third-order valence-corrected chi connectivity index (χ3v) is 4.09. The molecule has 0 aliphatic rings. The lowest BCUT2D eigenvalue weighted by Crippen LogP contribution is -2.10. The van der Waals surface area contributed by atoms with Crippen LogP contribution >= 0.6 is 37.7 Å². The summed E-state index contributed by atoms with van der Waals surface area (Å²) in [5.41, 5.74) is 1.11. The van der Waals surface area contributed by atoms with Crippen molar-refractivity contribution in [2.45, 2.75) is 6.54 Å². The Morgan fingerprint density at radius 3 is 2.76 bits per heavy atom. The Labute approximate surface area is 118 Å². The van der Waals surface area contributed by atoms with Gasteiger partial charge in [0.05, 0.1) is 6.54 Å². The zero-order chi connectivity index (χ0) is 11.4. The summed E-state index contributed by atoms with van der Waals surface area (Å²) in [6, 6.07) is 3.93. The Morgan fingerprint density at radius 1 is 1.35 bits per heavy atom. The van der Waals surface area contributed by atoms with Crippen molar-refractivity contribution in [3.8, 4) is 0 Å². The average Bonchev–Trinajstić information content (AvgIpc) is 2.76. The first-order valence-electron chi connectivity index (χ1n) is 4.79. The van der Waals surface area contributed by atoms with Gasteiger partial charge < -0.3 is 4.90 Å². The highest BCUT2D eigenvalue weighted by Crippen LogP contribution is 2.15. The summed E-state index contributed by atoms with van der Waals surface area (Å²) in [6.07, 6.45) is 3.59. The van der Waals surface area contributed by atoms with E-state index < -0.39 is 0 Å². The molecule has 7 heteroatoms. The van der Waals surface area contributed by atoms with Crippen LogP contribution in [0.4, 0.5) is 5.13 Å². The number of halogens is 1. The number of rotatable bonds is 3. The van der Waals surface area contributed by atoms with Gasteiger partial charge in [0.1, 0.15) is 0 Å². The van der Waals surface area contributed by atoms with Crippen molar-refractivity contribution >= 4 is 42.8 Å². The van der Waals surface area contributed by atoms with E-state index in [1.54, 1.807) is 26.9 Å². The monoisotopic (exact) mass is 332 g/mol. The number of anilines is 1. The zero-order valence-corrected chi connectivity index (χ0v) is 12.9. The molecule has 0 spiro atoms. The van der Waals surface area contributed by atoms with Gasteiger partial charge in [0.25, 0.3) is 0 Å². The number of hydrogen-bond donors (Lipinski definition) is 0. The van der Waals surface area contributed by atoms with Crippen LogP contribution in [-0.2, 0) is 6.54 Å². The highest BCUT2D eigenvalue weighted by atomic mass is 79.9. The molecule has 0 N–H and O–H groups in total. The molecule has 17 heavy (non-hydrogen) atoms. The summed E-state index contributed by atoms with van der Waals surface area (Å²) >= 11 is 0. The third kappa shape index (κ3) is 4.18. The fraction of sp³-hybridized carbons (Fsp3) is 0.300. The summed E-state index contributed by atoms with van der Waals surface area (Å²) in [4.78, 5) is 15.7. The second-order valence-electron chi connectivity index (χ2n) is 3.42. The Hall–Kier alpha value is -0.790. The van der Waals surface area contributed by atoms with E-state index in [-0.39, 0.29) is 17.0 Å². The van der Waals surface area contributed by atoms with E-state index in [0.717, 1.165) is 15.5 Å². The second kappa shape index (κ2) is 6.83. The predicted molar refractivity (Wildman–Crippen MR) is 78.1 cm³/mol. The van der Waals surface area contributed by atoms with Gasteiger partial charge in [-0.05, 0) is 32.3 Å². The summed E-state index contributed by atoms with van der Waals surface area (Å²) in [6.45, 7) is 0.640. The van der Waals surface area contributed by atoms with Crippen LogP contribution < -0.4 is 9.70 Å². The van der Waals surface area contributed by atoms with Crippen LogP contribution in [0.3, 0.4) is 0 Å². The highest BCUT2D eigenvalue weighted by Gasteiger charge is 1.99. The lowest BCUT2D eigenvalue weighted by Gasteiger charge is -2.03. The van der Waals surface area contributed by atoms with E-state index in [9.17, 15) is 0 Å². The maximum atomic E-state index is 4.43. The first-order chi connectivity index (χ1) is 7.75. The van der Waals surface area contributed by atoms with Gasteiger partial charge in [0.15, 0.2) is 5.13 Å². The Balaban J connectivity index is 0.00000144. The lowest BCUT2D eigenvalue weighted by molar-refractivity contribution is 0.973. The lowest BCUT2D eigenvalue weighted by atomic mass is 10.3. The standard InChI is InChI=1S/C10H12N4S2.BrH/c1-14(2)10-13-9(15-16-10)12-7-8-4-3-5-11-6-8;/h3-6H,7H2,1-2H3;1H. The van der Waals surface area contributed by atoms with Crippen LogP contribution in [0, 0.1) is 0 Å². The maximum absolute atomic E-state index is 4.43. The van der Waals surface area contributed by atoms with Crippen LogP contribution in [-0.4, -0.2) is 24.1 Å². The molecule has 2 rings (SSSR count). The highest BCUT2D eigenvalue weighted by molar-refractivity contribution is 8.93. The number of hydrogen-bond acceptors (Lipinski definition) is 6. The summed E-state index contributed by atoms with van der Waals surface area (Å²) in [5.74, 6) is 0. The van der Waals surface area contributed by atoms with Crippen molar-refractivity contribution in [1.82, 2.24) is 9.97 Å². The fourth-order valence-corrected chi connectivity index (χ4v) is 3.08. The number of aromatic nitrogens is 2. The summed E-state index contributed by atoms with van der Waals surface area (Å²) in [7, 11) is 7.20. The minimum Gasteiger partial charge on any atom is -0.353 e. The van der Waals surface area contributed by atoms with E-state index in [1.165, 1.54) is 0 Å². The molecule has 0 atom stereocenters. The average molecular weight is 333 g/mol.